The van der Waals surface area contributed by atoms with Gasteiger partial charge in [0, 0.05) is 13.5 Å². The average molecular weight is 218 g/mol. The van der Waals surface area contributed by atoms with Crippen molar-refractivity contribution in [2.75, 3.05) is 7.11 Å². The number of carbonyl (C=O) groups is 1. The predicted molar refractivity (Wildman–Crippen MR) is 47.2 cm³/mol. The smallest absolute Gasteiger partial charge is 0.335 e. The number of aliphatic hydroxyl groups excluding tert-OH is 1. The molecule has 0 bridgehead atoms. The van der Waals surface area contributed by atoms with Crippen LogP contribution in [0.4, 0.5) is 0 Å². The van der Waals surface area contributed by atoms with Gasteiger partial charge in [0.25, 0.3) is 0 Å². The Morgan fingerprint density at radius 1 is 1.53 bits per heavy atom. The van der Waals surface area contributed by atoms with Crippen LogP contribution in [0.2, 0.25) is 0 Å². The minimum atomic E-state index is -1.18. The van der Waals surface area contributed by atoms with E-state index in [4.69, 9.17) is 19.3 Å². The van der Waals surface area contributed by atoms with Crippen LogP contribution in [0.1, 0.15) is 13.3 Å². The molecule has 5 atom stereocenters. The van der Waals surface area contributed by atoms with Gasteiger partial charge in [-0.2, -0.15) is 0 Å². The normalized spacial score (nSPS) is 48.5. The molecule has 6 nitrogen and oxygen atoms in total. The van der Waals surface area contributed by atoms with Gasteiger partial charge >= 0.3 is 5.97 Å². The second-order valence-electron chi connectivity index (χ2n) is 3.77. The minimum Gasteiger partial charge on any atom is -0.479 e. The number of aliphatic carboxylic acids is 1. The molecule has 0 amide bonds. The van der Waals surface area contributed by atoms with E-state index in [1.165, 1.54) is 7.11 Å². The summed E-state index contributed by atoms with van der Waals surface area (Å²) in [5.74, 6) is -2.07. The van der Waals surface area contributed by atoms with Crippen LogP contribution < -0.4 is 0 Å². The lowest BCUT2D eigenvalue weighted by Crippen LogP contribution is -2.55. The Kier molecular flexibility index (Phi) is 2.46. The van der Waals surface area contributed by atoms with Crippen molar-refractivity contribution in [3.8, 4) is 0 Å². The van der Waals surface area contributed by atoms with Crippen molar-refractivity contribution in [1.82, 2.24) is 0 Å². The van der Waals surface area contributed by atoms with E-state index in [0.717, 1.165) is 0 Å². The topological polar surface area (TPSA) is 88.5 Å². The van der Waals surface area contributed by atoms with E-state index in [1.807, 2.05) is 6.92 Å². The molecule has 2 heterocycles. The van der Waals surface area contributed by atoms with Gasteiger partial charge in [0.1, 0.15) is 18.3 Å². The summed E-state index contributed by atoms with van der Waals surface area (Å²) < 4.78 is 15.5. The van der Waals surface area contributed by atoms with Crippen molar-refractivity contribution >= 4 is 5.97 Å². The Labute approximate surface area is 86.7 Å². The maximum absolute atomic E-state index is 10.9. The summed E-state index contributed by atoms with van der Waals surface area (Å²) in [6.45, 7) is 1.82. The summed E-state index contributed by atoms with van der Waals surface area (Å²) in [5, 5.41) is 18.7. The highest BCUT2D eigenvalue weighted by molar-refractivity contribution is 5.73. The second-order valence-corrected chi connectivity index (χ2v) is 3.77. The fourth-order valence-corrected chi connectivity index (χ4v) is 2.06. The highest BCUT2D eigenvalue weighted by Gasteiger charge is 2.68. The number of fused-ring (bicyclic) bond motifs is 1. The van der Waals surface area contributed by atoms with E-state index in [-0.39, 0.29) is 0 Å². The average Bonchev–Trinajstić information content (AvgIpc) is 2.93. The SMILES string of the molecule is CCC12OC(C(=O)O)C(OC)C(O)C1O2. The zero-order valence-corrected chi connectivity index (χ0v) is 8.54. The number of carboxylic acids is 1. The standard InChI is InChI=1S/C9H14O6/c1-3-9-7(15-9)4(10)5(13-2)6(14-9)8(11)12/h4-7,10H,3H2,1-2H3,(H,11,12). The molecule has 2 N–H and O–H groups in total. The van der Waals surface area contributed by atoms with E-state index in [0.29, 0.717) is 6.42 Å². The van der Waals surface area contributed by atoms with E-state index in [1.54, 1.807) is 0 Å². The van der Waals surface area contributed by atoms with Crippen molar-refractivity contribution in [3.05, 3.63) is 0 Å². The number of methoxy groups -OCH3 is 1. The maximum atomic E-state index is 10.9. The van der Waals surface area contributed by atoms with E-state index >= 15 is 0 Å². The number of hydrogen-bond acceptors (Lipinski definition) is 5. The van der Waals surface area contributed by atoms with Gasteiger partial charge in [0.2, 0.25) is 0 Å². The molecule has 2 saturated heterocycles. The Morgan fingerprint density at radius 2 is 2.20 bits per heavy atom. The Morgan fingerprint density at radius 3 is 2.67 bits per heavy atom. The molecule has 0 radical (unpaired) electrons. The number of hydrogen-bond donors (Lipinski definition) is 2. The summed E-state index contributed by atoms with van der Waals surface area (Å²) in [6.07, 6.45) is -2.97. The van der Waals surface area contributed by atoms with Crippen LogP contribution in [-0.4, -0.2) is 53.5 Å². The first-order valence-corrected chi connectivity index (χ1v) is 4.85. The van der Waals surface area contributed by atoms with Gasteiger partial charge in [0.05, 0.1) is 0 Å². The molecule has 0 aromatic rings. The lowest BCUT2D eigenvalue weighted by molar-refractivity contribution is -0.201. The first-order valence-electron chi connectivity index (χ1n) is 4.85. The highest BCUT2D eigenvalue weighted by atomic mass is 16.8. The summed E-state index contributed by atoms with van der Waals surface area (Å²) in [6, 6.07) is 0. The number of epoxide rings is 1. The van der Waals surface area contributed by atoms with Crippen molar-refractivity contribution in [1.29, 1.82) is 0 Å². The van der Waals surface area contributed by atoms with Crippen LogP contribution in [0.5, 0.6) is 0 Å². The molecule has 0 saturated carbocycles. The van der Waals surface area contributed by atoms with Gasteiger partial charge in [-0.05, 0) is 0 Å². The Hall–Kier alpha value is -0.690. The summed E-state index contributed by atoms with van der Waals surface area (Å²) in [5.41, 5.74) is 0. The Bertz CT molecular complexity index is 280. The van der Waals surface area contributed by atoms with Crippen LogP contribution in [0.15, 0.2) is 0 Å². The minimum absolute atomic E-state index is 0.469. The quantitative estimate of drug-likeness (QED) is 0.612. The monoisotopic (exact) mass is 218 g/mol. The van der Waals surface area contributed by atoms with E-state index < -0.39 is 36.2 Å². The van der Waals surface area contributed by atoms with Crippen LogP contribution in [0.3, 0.4) is 0 Å². The lowest BCUT2D eigenvalue weighted by atomic mass is 9.96. The van der Waals surface area contributed by atoms with Gasteiger partial charge in [0.15, 0.2) is 11.9 Å². The number of rotatable bonds is 3. The van der Waals surface area contributed by atoms with Crippen LogP contribution in [-0.2, 0) is 19.0 Å². The maximum Gasteiger partial charge on any atom is 0.335 e. The third-order valence-electron chi connectivity index (χ3n) is 2.98. The molecule has 2 aliphatic rings. The van der Waals surface area contributed by atoms with Crippen LogP contribution in [0, 0.1) is 0 Å². The largest absolute Gasteiger partial charge is 0.479 e. The molecule has 6 heteroatoms. The van der Waals surface area contributed by atoms with Gasteiger partial charge < -0.3 is 24.4 Å². The molecule has 0 aromatic heterocycles. The molecule has 2 rings (SSSR count). The first kappa shape index (κ1) is 10.8. The van der Waals surface area contributed by atoms with Crippen molar-refractivity contribution < 1.29 is 29.2 Å². The molecular weight excluding hydrogens is 204 g/mol. The molecule has 15 heavy (non-hydrogen) atoms. The van der Waals surface area contributed by atoms with Gasteiger partial charge in [-0.15, -0.1) is 0 Å². The molecule has 86 valence electrons. The van der Waals surface area contributed by atoms with Gasteiger partial charge in [-0.3, -0.25) is 0 Å². The summed E-state index contributed by atoms with van der Waals surface area (Å²) >= 11 is 0. The third-order valence-corrected chi connectivity index (χ3v) is 2.98. The first-order chi connectivity index (χ1) is 7.05. The zero-order valence-electron chi connectivity index (χ0n) is 8.54. The molecule has 0 aliphatic carbocycles. The fraction of sp³-hybridized carbons (Fsp3) is 0.889. The molecule has 2 aliphatic heterocycles. The van der Waals surface area contributed by atoms with E-state index in [9.17, 15) is 9.90 Å². The number of ether oxygens (including phenoxy) is 3. The Balaban J connectivity index is 2.19. The molecule has 0 aromatic carbocycles. The predicted octanol–water partition coefficient (Wildman–Crippen LogP) is -0.649. The molecular formula is C9H14O6. The molecule has 0 spiro atoms. The molecule has 2 fully saturated rings. The van der Waals surface area contributed by atoms with E-state index in [2.05, 4.69) is 0 Å². The molecule has 5 unspecified atom stereocenters. The zero-order chi connectivity index (χ0) is 11.2. The van der Waals surface area contributed by atoms with Crippen molar-refractivity contribution in [2.24, 2.45) is 0 Å². The van der Waals surface area contributed by atoms with Crippen molar-refractivity contribution in [3.63, 3.8) is 0 Å². The highest BCUT2D eigenvalue weighted by Crippen LogP contribution is 2.49. The van der Waals surface area contributed by atoms with Gasteiger partial charge in [-0.1, -0.05) is 6.92 Å². The van der Waals surface area contributed by atoms with Crippen LogP contribution in [0.25, 0.3) is 0 Å². The number of aliphatic hydroxyl groups is 1. The van der Waals surface area contributed by atoms with Crippen LogP contribution >= 0.6 is 0 Å². The summed E-state index contributed by atoms with van der Waals surface area (Å²) in [4.78, 5) is 10.9. The fourth-order valence-electron chi connectivity index (χ4n) is 2.06. The third kappa shape index (κ3) is 1.45. The lowest BCUT2D eigenvalue weighted by Gasteiger charge is -2.32. The van der Waals surface area contributed by atoms with Gasteiger partial charge in [-0.25, -0.2) is 4.79 Å². The number of carboxylic acid groups (broad SMARTS) is 1. The summed E-state index contributed by atoms with van der Waals surface area (Å²) in [7, 11) is 1.34. The second kappa shape index (κ2) is 3.41. The van der Waals surface area contributed by atoms with Crippen molar-refractivity contribution in [2.45, 2.75) is 43.5 Å².